The highest BCUT2D eigenvalue weighted by Crippen LogP contribution is 2.31. The number of nitrogens with zero attached hydrogens (tertiary/aromatic N) is 1. The summed E-state index contributed by atoms with van der Waals surface area (Å²) in [5.74, 6) is 0.499. The van der Waals surface area contributed by atoms with Crippen LogP contribution in [0.4, 0.5) is 0 Å². The summed E-state index contributed by atoms with van der Waals surface area (Å²) in [6.07, 6.45) is 3.45. The van der Waals surface area contributed by atoms with Crippen LogP contribution in [0.25, 0.3) is 0 Å². The minimum absolute atomic E-state index is 0.101. The molecule has 1 saturated heterocycles. The summed E-state index contributed by atoms with van der Waals surface area (Å²) in [7, 11) is 0. The van der Waals surface area contributed by atoms with Crippen LogP contribution >= 0.6 is 0 Å². The van der Waals surface area contributed by atoms with Crippen molar-refractivity contribution in [3.05, 3.63) is 35.4 Å². The average Bonchev–Trinajstić information content (AvgIpc) is 2.84. The molecule has 3 rings (SSSR count). The number of hydrogen-bond acceptors (Lipinski definition) is 3. The Balaban J connectivity index is 1.74. The Morgan fingerprint density at radius 3 is 2.52 bits per heavy atom. The maximum absolute atomic E-state index is 12.9. The van der Waals surface area contributed by atoms with Crippen LogP contribution in [0, 0.1) is 5.92 Å². The standard InChI is InChI=1S/C17H25N3O/c1-12(18)15-7-4-8-20(11-15)16(21)17(19)9-13-5-2-3-6-14(13)10-17/h2-3,5-6,12,15H,4,7-11,18-19H2,1H3/t12-,15-/m1/s1. The lowest BCUT2D eigenvalue weighted by Crippen LogP contribution is -2.58. The topological polar surface area (TPSA) is 72.3 Å². The number of benzene rings is 1. The van der Waals surface area contributed by atoms with E-state index >= 15 is 0 Å². The van der Waals surface area contributed by atoms with Gasteiger partial charge in [-0.2, -0.15) is 0 Å². The zero-order chi connectivity index (χ0) is 15.0. The van der Waals surface area contributed by atoms with Gasteiger partial charge in [0.05, 0.1) is 0 Å². The number of nitrogens with two attached hydrogens (primary N) is 2. The molecule has 2 aliphatic rings. The normalized spacial score (nSPS) is 25.5. The molecule has 114 valence electrons. The van der Waals surface area contributed by atoms with E-state index in [9.17, 15) is 4.79 Å². The molecule has 0 unspecified atom stereocenters. The van der Waals surface area contributed by atoms with Crippen LogP contribution in [0.1, 0.15) is 30.9 Å². The van der Waals surface area contributed by atoms with E-state index in [2.05, 4.69) is 12.1 Å². The van der Waals surface area contributed by atoms with Crippen molar-refractivity contribution in [1.82, 2.24) is 4.90 Å². The van der Waals surface area contributed by atoms with Crippen molar-refractivity contribution in [2.75, 3.05) is 13.1 Å². The van der Waals surface area contributed by atoms with Gasteiger partial charge >= 0.3 is 0 Å². The van der Waals surface area contributed by atoms with Crippen molar-refractivity contribution in [3.63, 3.8) is 0 Å². The number of rotatable bonds is 2. The summed E-state index contributed by atoms with van der Waals surface area (Å²) in [5, 5.41) is 0. The molecule has 4 N–H and O–H groups in total. The highest BCUT2D eigenvalue weighted by atomic mass is 16.2. The first kappa shape index (κ1) is 14.5. The van der Waals surface area contributed by atoms with Crippen molar-refractivity contribution in [2.45, 2.75) is 44.2 Å². The Hall–Kier alpha value is -1.39. The summed E-state index contributed by atoms with van der Waals surface area (Å²) in [6.45, 7) is 3.60. The molecular weight excluding hydrogens is 262 g/mol. The maximum Gasteiger partial charge on any atom is 0.243 e. The zero-order valence-electron chi connectivity index (χ0n) is 12.7. The van der Waals surface area contributed by atoms with Crippen molar-refractivity contribution in [2.24, 2.45) is 17.4 Å². The van der Waals surface area contributed by atoms with Gasteiger partial charge in [0.1, 0.15) is 5.54 Å². The molecule has 1 fully saturated rings. The first-order chi connectivity index (χ1) is 9.99. The zero-order valence-corrected chi connectivity index (χ0v) is 12.7. The van der Waals surface area contributed by atoms with Crippen LogP contribution in [-0.2, 0) is 17.6 Å². The van der Waals surface area contributed by atoms with Gasteiger partial charge in [0.2, 0.25) is 5.91 Å². The van der Waals surface area contributed by atoms with E-state index < -0.39 is 5.54 Å². The van der Waals surface area contributed by atoms with Gasteiger partial charge in [0.25, 0.3) is 0 Å². The third-order valence-corrected chi connectivity index (χ3v) is 5.04. The summed E-state index contributed by atoms with van der Waals surface area (Å²) >= 11 is 0. The Kier molecular flexibility index (Phi) is 3.76. The molecule has 1 aliphatic carbocycles. The minimum atomic E-state index is -0.761. The fourth-order valence-electron chi connectivity index (χ4n) is 3.73. The quantitative estimate of drug-likeness (QED) is 0.854. The van der Waals surface area contributed by atoms with E-state index in [1.165, 1.54) is 11.1 Å². The molecule has 1 aromatic rings. The molecule has 0 radical (unpaired) electrons. The molecule has 1 aromatic carbocycles. The molecule has 1 heterocycles. The van der Waals surface area contributed by atoms with Crippen LogP contribution in [-0.4, -0.2) is 35.5 Å². The molecule has 0 saturated carbocycles. The van der Waals surface area contributed by atoms with Crippen LogP contribution < -0.4 is 11.5 Å². The molecule has 2 atom stereocenters. The van der Waals surface area contributed by atoms with Gasteiger partial charge in [-0.15, -0.1) is 0 Å². The first-order valence-electron chi connectivity index (χ1n) is 7.90. The molecule has 21 heavy (non-hydrogen) atoms. The maximum atomic E-state index is 12.9. The number of piperidine rings is 1. The lowest BCUT2D eigenvalue weighted by Gasteiger charge is -2.38. The molecule has 0 aromatic heterocycles. The lowest BCUT2D eigenvalue weighted by molar-refractivity contribution is -0.138. The van der Waals surface area contributed by atoms with Crippen LogP contribution in [0.15, 0.2) is 24.3 Å². The average molecular weight is 287 g/mol. The predicted octanol–water partition coefficient (Wildman–Crippen LogP) is 1.07. The van der Waals surface area contributed by atoms with Gasteiger partial charge in [-0.05, 0) is 49.7 Å². The minimum Gasteiger partial charge on any atom is -0.341 e. The number of likely N-dealkylation sites (tertiary alicyclic amines) is 1. The molecule has 0 bridgehead atoms. The van der Waals surface area contributed by atoms with E-state index in [1.807, 2.05) is 24.0 Å². The number of hydrogen-bond donors (Lipinski definition) is 2. The van der Waals surface area contributed by atoms with E-state index in [0.29, 0.717) is 18.8 Å². The fourth-order valence-corrected chi connectivity index (χ4v) is 3.73. The second kappa shape index (κ2) is 5.43. The van der Waals surface area contributed by atoms with E-state index in [4.69, 9.17) is 11.5 Å². The van der Waals surface area contributed by atoms with Crippen LogP contribution in [0.2, 0.25) is 0 Å². The molecular formula is C17H25N3O. The van der Waals surface area contributed by atoms with Gasteiger partial charge in [0, 0.05) is 19.1 Å². The van der Waals surface area contributed by atoms with Gasteiger partial charge < -0.3 is 16.4 Å². The van der Waals surface area contributed by atoms with E-state index in [-0.39, 0.29) is 11.9 Å². The van der Waals surface area contributed by atoms with Crippen molar-refractivity contribution < 1.29 is 4.79 Å². The van der Waals surface area contributed by atoms with Crippen LogP contribution in [0.3, 0.4) is 0 Å². The number of carbonyl (C=O) groups excluding carboxylic acids is 1. The Labute approximate surface area is 126 Å². The highest BCUT2D eigenvalue weighted by Gasteiger charge is 2.43. The monoisotopic (exact) mass is 287 g/mol. The summed E-state index contributed by atoms with van der Waals surface area (Å²) in [6, 6.07) is 8.33. The number of amides is 1. The van der Waals surface area contributed by atoms with Crippen LogP contribution in [0.5, 0.6) is 0 Å². The fraction of sp³-hybridized carbons (Fsp3) is 0.588. The number of fused-ring (bicyclic) bond motifs is 1. The first-order valence-corrected chi connectivity index (χ1v) is 7.90. The largest absolute Gasteiger partial charge is 0.341 e. The van der Waals surface area contributed by atoms with E-state index in [1.54, 1.807) is 0 Å². The Morgan fingerprint density at radius 2 is 1.95 bits per heavy atom. The van der Waals surface area contributed by atoms with Gasteiger partial charge in [-0.1, -0.05) is 24.3 Å². The molecule has 4 nitrogen and oxygen atoms in total. The van der Waals surface area contributed by atoms with Gasteiger partial charge in [-0.3, -0.25) is 4.79 Å². The highest BCUT2D eigenvalue weighted by molar-refractivity contribution is 5.88. The van der Waals surface area contributed by atoms with Crippen molar-refractivity contribution in [1.29, 1.82) is 0 Å². The third kappa shape index (κ3) is 2.70. The molecule has 0 spiro atoms. The Bertz CT molecular complexity index is 516. The number of carbonyl (C=O) groups is 1. The Morgan fingerprint density at radius 1 is 1.33 bits per heavy atom. The second-order valence-electron chi connectivity index (χ2n) is 6.79. The second-order valence-corrected chi connectivity index (χ2v) is 6.79. The predicted molar refractivity (Wildman–Crippen MR) is 83.7 cm³/mol. The summed E-state index contributed by atoms with van der Waals surface area (Å²) in [5.41, 5.74) is 14.2. The smallest absolute Gasteiger partial charge is 0.243 e. The third-order valence-electron chi connectivity index (χ3n) is 5.04. The SMILES string of the molecule is C[C@@H](N)[C@@H]1CCCN(C(=O)C2(N)Cc3ccccc3C2)C1. The molecule has 1 amide bonds. The molecule has 1 aliphatic heterocycles. The van der Waals surface area contributed by atoms with Gasteiger partial charge in [0.15, 0.2) is 0 Å². The summed E-state index contributed by atoms with van der Waals surface area (Å²) < 4.78 is 0. The summed E-state index contributed by atoms with van der Waals surface area (Å²) in [4.78, 5) is 14.9. The molecule has 4 heteroatoms. The van der Waals surface area contributed by atoms with Crippen molar-refractivity contribution in [3.8, 4) is 0 Å². The van der Waals surface area contributed by atoms with Crippen molar-refractivity contribution >= 4 is 5.91 Å². The lowest BCUT2D eigenvalue weighted by atomic mass is 9.89. The van der Waals surface area contributed by atoms with E-state index in [0.717, 1.165) is 25.9 Å². The van der Waals surface area contributed by atoms with Gasteiger partial charge in [-0.25, -0.2) is 0 Å².